The van der Waals surface area contributed by atoms with Gasteiger partial charge >= 0.3 is 142 Å². The van der Waals surface area contributed by atoms with Gasteiger partial charge in [-0.25, -0.2) is 0 Å². The summed E-state index contributed by atoms with van der Waals surface area (Å²) in [6.07, 6.45) is 0. The Morgan fingerprint density at radius 2 is 1.61 bits per heavy atom. The van der Waals surface area contributed by atoms with Gasteiger partial charge in [0.25, 0.3) is 0 Å². The first-order valence-corrected chi connectivity index (χ1v) is 15.5. The zero-order valence-electron chi connectivity index (χ0n) is 10.4. The van der Waals surface area contributed by atoms with Crippen LogP contribution in [0.3, 0.4) is 0 Å². The average Bonchev–Trinajstić information content (AvgIpc) is 3.25. The van der Waals surface area contributed by atoms with Crippen molar-refractivity contribution in [3.63, 3.8) is 0 Å². The Bertz CT molecular complexity index is 232. The Labute approximate surface area is 141 Å². The van der Waals surface area contributed by atoms with Crippen molar-refractivity contribution < 1.29 is 0 Å². The molecule has 0 aromatic carbocycles. The molecule has 3 aliphatic heterocycles. The molecule has 0 aliphatic carbocycles. The van der Waals surface area contributed by atoms with Crippen molar-refractivity contribution in [2.24, 2.45) is 5.92 Å². The fourth-order valence-electron chi connectivity index (χ4n) is 1.91. The van der Waals surface area contributed by atoms with E-state index in [9.17, 15) is 0 Å². The zero-order valence-corrected chi connectivity index (χ0v) is 17.1. The average molecular weight is 450 g/mol. The predicted molar refractivity (Wildman–Crippen MR) is 95.5 cm³/mol. The van der Waals surface area contributed by atoms with Gasteiger partial charge in [-0.3, -0.25) is 0 Å². The molecule has 0 saturated carbocycles. The summed E-state index contributed by atoms with van der Waals surface area (Å²) in [5.74, 6) is 9.88. The summed E-state index contributed by atoms with van der Waals surface area (Å²) in [4.78, 5) is 1.13. The van der Waals surface area contributed by atoms with E-state index in [1.54, 1.807) is 9.54 Å². The van der Waals surface area contributed by atoms with Gasteiger partial charge in [0, 0.05) is 0 Å². The molecule has 6 heteroatoms. The molecular formula is C12H20S4Se2. The monoisotopic (exact) mass is 452 g/mol. The third-order valence-electron chi connectivity index (χ3n) is 3.25. The molecule has 0 spiro atoms. The summed E-state index contributed by atoms with van der Waals surface area (Å²) < 4.78 is 1.63. The molecule has 0 aromatic rings. The van der Waals surface area contributed by atoms with Gasteiger partial charge in [0.2, 0.25) is 0 Å². The molecule has 0 N–H and O–H groups in total. The molecule has 0 amide bonds. The molecule has 0 nitrogen and oxygen atoms in total. The molecular weight excluding hydrogens is 430 g/mol. The van der Waals surface area contributed by atoms with Crippen LogP contribution in [0.25, 0.3) is 0 Å². The van der Waals surface area contributed by atoms with E-state index >= 15 is 0 Å². The number of thioether (sulfide) groups is 4. The number of rotatable bonds is 8. The number of hydrogen-bond acceptors (Lipinski definition) is 4. The minimum atomic E-state index is 0.988. The second-order valence-electron chi connectivity index (χ2n) is 4.94. The van der Waals surface area contributed by atoms with Crippen molar-refractivity contribution in [2.45, 2.75) is 24.9 Å². The van der Waals surface area contributed by atoms with Gasteiger partial charge in [-0.1, -0.05) is 0 Å². The molecule has 3 rings (SSSR count). The van der Waals surface area contributed by atoms with Crippen molar-refractivity contribution in [1.82, 2.24) is 0 Å². The molecule has 3 heterocycles. The Morgan fingerprint density at radius 3 is 2.28 bits per heavy atom. The van der Waals surface area contributed by atoms with E-state index in [0.29, 0.717) is 0 Å². The van der Waals surface area contributed by atoms with E-state index < -0.39 is 0 Å². The fraction of sp³-hybridized carbons (Fsp3) is 1.00. The van der Waals surface area contributed by atoms with Crippen LogP contribution in [0.1, 0.15) is 0 Å². The van der Waals surface area contributed by atoms with Crippen LogP contribution in [-0.2, 0) is 0 Å². The third kappa shape index (κ3) is 5.67. The molecule has 3 saturated heterocycles. The van der Waals surface area contributed by atoms with E-state index in [0.717, 1.165) is 51.1 Å². The van der Waals surface area contributed by atoms with Crippen LogP contribution in [0.5, 0.6) is 0 Å². The van der Waals surface area contributed by atoms with Gasteiger partial charge in [-0.05, 0) is 0 Å². The van der Waals surface area contributed by atoms with E-state index in [2.05, 4.69) is 47.0 Å². The Kier molecular flexibility index (Phi) is 6.96. The fourth-order valence-corrected chi connectivity index (χ4v) is 15.9. The molecule has 104 valence electrons. The van der Waals surface area contributed by atoms with Crippen molar-refractivity contribution in [2.75, 3.05) is 34.5 Å². The van der Waals surface area contributed by atoms with Crippen molar-refractivity contribution in [1.29, 1.82) is 0 Å². The van der Waals surface area contributed by atoms with Crippen molar-refractivity contribution >= 4 is 77.0 Å². The van der Waals surface area contributed by atoms with Gasteiger partial charge in [0.05, 0.1) is 0 Å². The summed E-state index contributed by atoms with van der Waals surface area (Å²) in [6, 6.07) is 0. The summed E-state index contributed by atoms with van der Waals surface area (Å²) in [5, 5.41) is 3.67. The first-order chi connectivity index (χ1) is 8.92. The minimum absolute atomic E-state index is 0.988. The Morgan fingerprint density at radius 1 is 0.944 bits per heavy atom. The van der Waals surface area contributed by atoms with Crippen LogP contribution >= 0.6 is 47.0 Å². The van der Waals surface area contributed by atoms with Crippen LogP contribution in [0.15, 0.2) is 0 Å². The second-order valence-corrected chi connectivity index (χ2v) is 16.3. The molecule has 18 heavy (non-hydrogen) atoms. The summed E-state index contributed by atoms with van der Waals surface area (Å²) in [5.41, 5.74) is 0. The SMILES string of the molecule is C1[Se]CC(CSCC2CS2)C(CSCC2CS2)[Se]1. The second kappa shape index (κ2) is 8.17. The molecule has 0 radical (unpaired) electrons. The normalized spacial score (nSPS) is 38.7. The molecule has 4 unspecified atom stereocenters. The van der Waals surface area contributed by atoms with E-state index in [1.165, 1.54) is 34.5 Å². The van der Waals surface area contributed by atoms with E-state index in [1.807, 2.05) is 0 Å². The predicted octanol–water partition coefficient (Wildman–Crippen LogP) is 3.30. The van der Waals surface area contributed by atoms with Gasteiger partial charge in [-0.15, -0.1) is 0 Å². The molecule has 4 atom stereocenters. The maximum absolute atomic E-state index is 2.27. The summed E-state index contributed by atoms with van der Waals surface area (Å²) >= 11 is 10.9. The molecule has 0 bridgehead atoms. The number of hydrogen-bond donors (Lipinski definition) is 0. The summed E-state index contributed by atoms with van der Waals surface area (Å²) in [7, 11) is 0. The van der Waals surface area contributed by atoms with Gasteiger partial charge in [0.1, 0.15) is 0 Å². The van der Waals surface area contributed by atoms with Gasteiger partial charge < -0.3 is 0 Å². The molecule has 3 aliphatic rings. The van der Waals surface area contributed by atoms with E-state index in [4.69, 9.17) is 0 Å². The quantitative estimate of drug-likeness (QED) is 0.411. The van der Waals surface area contributed by atoms with Crippen LogP contribution in [-0.4, -0.2) is 74.9 Å². The van der Waals surface area contributed by atoms with Gasteiger partial charge in [-0.2, -0.15) is 0 Å². The zero-order chi connectivity index (χ0) is 12.2. The Hall–Kier alpha value is 2.44. The van der Waals surface area contributed by atoms with Crippen molar-refractivity contribution in [3.8, 4) is 0 Å². The van der Waals surface area contributed by atoms with Gasteiger partial charge in [0.15, 0.2) is 0 Å². The first kappa shape index (κ1) is 15.3. The van der Waals surface area contributed by atoms with Crippen LogP contribution in [0, 0.1) is 5.92 Å². The van der Waals surface area contributed by atoms with Crippen LogP contribution in [0.2, 0.25) is 14.4 Å². The van der Waals surface area contributed by atoms with Crippen LogP contribution < -0.4 is 0 Å². The summed E-state index contributed by atoms with van der Waals surface area (Å²) in [6.45, 7) is 0. The Balaban J connectivity index is 1.33. The molecule has 0 aromatic heterocycles. The standard InChI is InChI=1S/C12H20S4Se2/c1(13-2-10-4-15-10)9-7-17-8-18-12(9)6-14-3-11-5-16-11/h9-12H,1-8H2. The van der Waals surface area contributed by atoms with Crippen LogP contribution in [0.4, 0.5) is 0 Å². The third-order valence-corrected chi connectivity index (χ3v) is 16.0. The van der Waals surface area contributed by atoms with E-state index in [-0.39, 0.29) is 0 Å². The molecule has 3 fully saturated rings. The van der Waals surface area contributed by atoms with Crippen molar-refractivity contribution in [3.05, 3.63) is 0 Å². The first-order valence-electron chi connectivity index (χ1n) is 6.50. The topological polar surface area (TPSA) is 0 Å². The maximum atomic E-state index is 2.27.